The van der Waals surface area contributed by atoms with Crippen molar-refractivity contribution in [1.82, 2.24) is 29.3 Å². The largest absolute Gasteiger partial charge is 0.379 e. The zero-order valence-corrected chi connectivity index (χ0v) is 18.4. The van der Waals surface area contributed by atoms with Gasteiger partial charge in [-0.05, 0) is 38.8 Å². The lowest BCUT2D eigenvalue weighted by Gasteiger charge is -2.14. The average molecular weight is 424 g/mol. The van der Waals surface area contributed by atoms with E-state index in [4.69, 9.17) is 19.8 Å². The fourth-order valence-corrected chi connectivity index (χ4v) is 4.90. The van der Waals surface area contributed by atoms with Crippen molar-refractivity contribution in [1.29, 1.82) is 0 Å². The topological polar surface area (TPSA) is 82.7 Å². The number of imidazole rings is 1. The Balaban J connectivity index is 1.67. The maximum absolute atomic E-state index is 5.56. The average Bonchev–Trinajstić information content (AvgIpc) is 3.48. The Hall–Kier alpha value is -2.78. The molecule has 4 aromatic heterocycles. The summed E-state index contributed by atoms with van der Waals surface area (Å²) >= 11 is 1.66. The van der Waals surface area contributed by atoms with E-state index >= 15 is 0 Å². The van der Waals surface area contributed by atoms with Gasteiger partial charge in [-0.15, -0.1) is 11.3 Å². The van der Waals surface area contributed by atoms with E-state index in [1.807, 2.05) is 28.7 Å². The highest BCUT2D eigenvalue weighted by Gasteiger charge is 2.23. The van der Waals surface area contributed by atoms with Gasteiger partial charge in [-0.3, -0.25) is 4.68 Å². The van der Waals surface area contributed by atoms with Crippen LogP contribution in [-0.4, -0.2) is 48.6 Å². The first kappa shape index (κ1) is 19.2. The van der Waals surface area contributed by atoms with Crippen molar-refractivity contribution < 1.29 is 4.74 Å². The van der Waals surface area contributed by atoms with Crippen LogP contribution in [0.5, 0.6) is 0 Å². The SMILES string of the molecule is Cc1c(-c2ccn(C(C)C)n2)sc2nc(-c3nccn3C)nc(NC3CCOC3)c12. The Bertz CT molecular complexity index is 1200. The molecule has 0 radical (unpaired) electrons. The molecule has 0 saturated carbocycles. The minimum Gasteiger partial charge on any atom is -0.379 e. The van der Waals surface area contributed by atoms with E-state index in [2.05, 4.69) is 37.1 Å². The van der Waals surface area contributed by atoms with Gasteiger partial charge < -0.3 is 14.6 Å². The molecule has 1 atom stereocenters. The summed E-state index contributed by atoms with van der Waals surface area (Å²) in [5.41, 5.74) is 2.12. The normalized spacial score (nSPS) is 16.8. The fourth-order valence-electron chi connectivity index (χ4n) is 3.76. The summed E-state index contributed by atoms with van der Waals surface area (Å²) < 4.78 is 9.49. The maximum atomic E-state index is 5.56. The molecule has 1 aliphatic heterocycles. The molecule has 0 aliphatic carbocycles. The first-order chi connectivity index (χ1) is 14.5. The Kier molecular flexibility index (Phi) is 4.79. The van der Waals surface area contributed by atoms with Crippen LogP contribution >= 0.6 is 11.3 Å². The van der Waals surface area contributed by atoms with Crippen molar-refractivity contribution in [2.45, 2.75) is 39.3 Å². The summed E-state index contributed by atoms with van der Waals surface area (Å²) in [6, 6.07) is 2.64. The van der Waals surface area contributed by atoms with Gasteiger partial charge in [0.05, 0.1) is 22.9 Å². The summed E-state index contributed by atoms with van der Waals surface area (Å²) in [7, 11) is 1.96. The van der Waals surface area contributed by atoms with Gasteiger partial charge in [0.15, 0.2) is 11.6 Å². The lowest BCUT2D eigenvalue weighted by molar-refractivity contribution is 0.195. The van der Waals surface area contributed by atoms with Crippen LogP contribution in [0, 0.1) is 6.92 Å². The first-order valence-electron chi connectivity index (χ1n) is 10.2. The summed E-state index contributed by atoms with van der Waals surface area (Å²) in [5.74, 6) is 2.22. The Morgan fingerprint density at radius 2 is 2.13 bits per heavy atom. The molecular weight excluding hydrogens is 398 g/mol. The number of nitrogens with zero attached hydrogens (tertiary/aromatic N) is 6. The van der Waals surface area contributed by atoms with Gasteiger partial charge in [0, 0.05) is 38.3 Å². The van der Waals surface area contributed by atoms with E-state index in [9.17, 15) is 0 Å². The fraction of sp³-hybridized carbons (Fsp3) is 0.429. The van der Waals surface area contributed by atoms with Crippen molar-refractivity contribution in [3.63, 3.8) is 0 Å². The van der Waals surface area contributed by atoms with Gasteiger partial charge in [0.25, 0.3) is 0 Å². The molecule has 1 saturated heterocycles. The molecule has 1 aliphatic rings. The smallest absolute Gasteiger partial charge is 0.199 e. The maximum Gasteiger partial charge on any atom is 0.199 e. The molecule has 1 fully saturated rings. The lowest BCUT2D eigenvalue weighted by atomic mass is 10.1. The Labute approximate surface area is 178 Å². The van der Waals surface area contributed by atoms with Gasteiger partial charge in [0.1, 0.15) is 16.3 Å². The van der Waals surface area contributed by atoms with Gasteiger partial charge in [0.2, 0.25) is 0 Å². The molecule has 5 heterocycles. The highest BCUT2D eigenvalue weighted by molar-refractivity contribution is 7.22. The van der Waals surface area contributed by atoms with Crippen LogP contribution in [0.4, 0.5) is 5.82 Å². The molecule has 156 valence electrons. The number of rotatable bonds is 5. The minimum absolute atomic E-state index is 0.250. The molecule has 1 N–H and O–H groups in total. The third kappa shape index (κ3) is 3.27. The van der Waals surface area contributed by atoms with Crippen LogP contribution in [0.1, 0.15) is 31.9 Å². The van der Waals surface area contributed by atoms with Gasteiger partial charge in [-0.25, -0.2) is 15.0 Å². The number of thiophene rings is 1. The summed E-state index contributed by atoms with van der Waals surface area (Å²) in [5, 5.41) is 9.43. The number of aromatic nitrogens is 6. The standard InChI is InChI=1S/C21H25N7OS/c1-12(2)28-8-5-15(26-28)17-13(3)16-18(23-14-6-10-29-11-14)24-19(25-21(16)30-17)20-22-7-9-27(20)4/h5,7-9,12,14H,6,10-11H2,1-4H3,(H,23,24,25). The van der Waals surface area contributed by atoms with E-state index in [0.717, 1.165) is 51.0 Å². The van der Waals surface area contributed by atoms with Crippen LogP contribution in [0.15, 0.2) is 24.7 Å². The Morgan fingerprint density at radius 3 is 2.80 bits per heavy atom. The molecule has 0 aromatic carbocycles. The third-order valence-corrected chi connectivity index (χ3v) is 6.66. The van der Waals surface area contributed by atoms with Crippen molar-refractivity contribution in [3.8, 4) is 22.2 Å². The monoisotopic (exact) mass is 423 g/mol. The Morgan fingerprint density at radius 1 is 1.27 bits per heavy atom. The molecule has 0 spiro atoms. The molecule has 1 unspecified atom stereocenters. The van der Waals surface area contributed by atoms with Crippen LogP contribution in [0.2, 0.25) is 0 Å². The highest BCUT2D eigenvalue weighted by Crippen LogP contribution is 2.40. The third-order valence-electron chi connectivity index (χ3n) is 5.45. The van der Waals surface area contributed by atoms with Crippen LogP contribution in [0.25, 0.3) is 32.4 Å². The van der Waals surface area contributed by atoms with Crippen molar-refractivity contribution in [3.05, 3.63) is 30.2 Å². The van der Waals surface area contributed by atoms with Gasteiger partial charge in [-0.2, -0.15) is 5.10 Å². The molecule has 5 rings (SSSR count). The van der Waals surface area contributed by atoms with E-state index in [-0.39, 0.29) is 6.04 Å². The van der Waals surface area contributed by atoms with E-state index in [0.29, 0.717) is 18.5 Å². The van der Waals surface area contributed by atoms with Gasteiger partial charge in [-0.1, -0.05) is 0 Å². The molecule has 0 bridgehead atoms. The lowest BCUT2D eigenvalue weighted by Crippen LogP contribution is -2.20. The predicted octanol–water partition coefficient (Wildman–Crippen LogP) is 4.05. The van der Waals surface area contributed by atoms with E-state index in [1.165, 1.54) is 0 Å². The molecule has 4 aromatic rings. The summed E-state index contributed by atoms with van der Waals surface area (Å²) in [6.45, 7) is 7.86. The minimum atomic E-state index is 0.250. The van der Waals surface area contributed by atoms with Crippen molar-refractivity contribution >= 4 is 27.4 Å². The first-order valence-corrected chi connectivity index (χ1v) is 11.0. The number of anilines is 1. The summed E-state index contributed by atoms with van der Waals surface area (Å²) in [6.07, 6.45) is 6.68. The number of ether oxygens (including phenoxy) is 1. The van der Waals surface area contributed by atoms with Crippen molar-refractivity contribution in [2.24, 2.45) is 7.05 Å². The zero-order valence-electron chi connectivity index (χ0n) is 17.6. The zero-order chi connectivity index (χ0) is 20.8. The second-order valence-electron chi connectivity index (χ2n) is 7.97. The number of nitrogens with one attached hydrogen (secondary N) is 1. The van der Waals surface area contributed by atoms with Crippen LogP contribution in [-0.2, 0) is 11.8 Å². The van der Waals surface area contributed by atoms with E-state index < -0.39 is 0 Å². The number of aryl methyl sites for hydroxylation is 2. The number of fused-ring (bicyclic) bond motifs is 1. The molecule has 8 nitrogen and oxygen atoms in total. The van der Waals surface area contributed by atoms with E-state index in [1.54, 1.807) is 17.5 Å². The predicted molar refractivity (Wildman–Crippen MR) is 119 cm³/mol. The summed E-state index contributed by atoms with van der Waals surface area (Å²) in [4.78, 5) is 16.3. The van der Waals surface area contributed by atoms with Gasteiger partial charge >= 0.3 is 0 Å². The number of hydrogen-bond donors (Lipinski definition) is 1. The molecule has 30 heavy (non-hydrogen) atoms. The van der Waals surface area contributed by atoms with Crippen LogP contribution in [0.3, 0.4) is 0 Å². The number of hydrogen-bond acceptors (Lipinski definition) is 7. The second-order valence-corrected chi connectivity index (χ2v) is 8.97. The highest BCUT2D eigenvalue weighted by atomic mass is 32.1. The molecular formula is C21H25N7OS. The second kappa shape index (κ2) is 7.48. The quantitative estimate of drug-likeness (QED) is 0.522. The van der Waals surface area contributed by atoms with Crippen molar-refractivity contribution in [2.75, 3.05) is 18.5 Å². The molecule has 9 heteroatoms. The molecule has 0 amide bonds. The van der Waals surface area contributed by atoms with Crippen LogP contribution < -0.4 is 5.32 Å².